The smallest absolute Gasteiger partial charge is 0.227 e. The van der Waals surface area contributed by atoms with Gasteiger partial charge in [-0.15, -0.1) is 0 Å². The predicted octanol–water partition coefficient (Wildman–Crippen LogP) is 3.17. The van der Waals surface area contributed by atoms with Crippen molar-refractivity contribution in [2.45, 2.75) is 9.92 Å². The second-order valence-electron chi connectivity index (χ2n) is 4.17. The lowest BCUT2D eigenvalue weighted by molar-refractivity contribution is 0.566. The van der Waals surface area contributed by atoms with E-state index in [9.17, 15) is 8.42 Å². The molecule has 4 nitrogen and oxygen atoms in total. The quantitative estimate of drug-likeness (QED) is 0.741. The van der Waals surface area contributed by atoms with Gasteiger partial charge in [0.25, 0.3) is 0 Å². The molecule has 5 heteroatoms. The average molecular weight is 285 g/mol. The summed E-state index contributed by atoms with van der Waals surface area (Å²) in [7, 11) is -3.63. The van der Waals surface area contributed by atoms with E-state index in [2.05, 4.69) is 4.98 Å². The molecule has 0 spiro atoms. The molecular formula is C15H11NO3S. The number of hydrogen-bond acceptors (Lipinski definition) is 4. The minimum Gasteiger partial charge on any atom is -0.443 e. The van der Waals surface area contributed by atoms with E-state index in [-0.39, 0.29) is 9.92 Å². The average Bonchev–Trinajstić information content (AvgIpc) is 3.00. The van der Waals surface area contributed by atoms with Crippen molar-refractivity contribution in [3.8, 4) is 11.5 Å². The number of rotatable bonds is 3. The molecule has 2 aromatic carbocycles. The van der Waals surface area contributed by atoms with Crippen molar-refractivity contribution in [2.75, 3.05) is 0 Å². The Morgan fingerprint density at radius 1 is 0.850 bits per heavy atom. The predicted molar refractivity (Wildman–Crippen MR) is 73.8 cm³/mol. The number of hydrogen-bond donors (Lipinski definition) is 0. The largest absolute Gasteiger partial charge is 0.443 e. The third-order valence-electron chi connectivity index (χ3n) is 2.83. The molecule has 3 aromatic rings. The van der Waals surface area contributed by atoms with E-state index in [4.69, 9.17) is 4.42 Å². The first-order valence-corrected chi connectivity index (χ1v) is 7.47. The van der Waals surface area contributed by atoms with Gasteiger partial charge in [-0.3, -0.25) is 0 Å². The molecule has 1 aromatic heterocycles. The Morgan fingerprint density at radius 3 is 2.10 bits per heavy atom. The van der Waals surface area contributed by atoms with Crippen molar-refractivity contribution in [3.63, 3.8) is 0 Å². The summed E-state index contributed by atoms with van der Waals surface area (Å²) in [6.07, 6.45) is 1.17. The Kier molecular flexibility index (Phi) is 3.12. The lowest BCUT2D eigenvalue weighted by Gasteiger charge is -1.98. The second kappa shape index (κ2) is 4.94. The highest BCUT2D eigenvalue weighted by atomic mass is 32.2. The minimum atomic E-state index is -3.63. The van der Waals surface area contributed by atoms with Gasteiger partial charge in [0.05, 0.1) is 4.90 Å². The second-order valence-corrected chi connectivity index (χ2v) is 6.07. The Balaban J connectivity index is 2.03. The number of sulfone groups is 1. The highest BCUT2D eigenvalue weighted by molar-refractivity contribution is 7.91. The van der Waals surface area contributed by atoms with Crippen LogP contribution in [0.15, 0.2) is 81.3 Å². The van der Waals surface area contributed by atoms with Gasteiger partial charge in [0.2, 0.25) is 15.7 Å². The fraction of sp³-hybridized carbons (Fsp3) is 0. The lowest BCUT2D eigenvalue weighted by atomic mass is 10.2. The molecule has 0 radical (unpaired) electrons. The molecule has 0 amide bonds. The molecule has 0 aliphatic rings. The van der Waals surface area contributed by atoms with Gasteiger partial charge in [0.1, 0.15) is 6.26 Å². The minimum absolute atomic E-state index is 0.0810. The van der Waals surface area contributed by atoms with Crippen molar-refractivity contribution < 1.29 is 12.8 Å². The molecule has 0 saturated carbocycles. The zero-order chi connectivity index (χ0) is 14.0. The first-order valence-electron chi connectivity index (χ1n) is 5.99. The van der Waals surface area contributed by atoms with E-state index in [0.717, 1.165) is 5.56 Å². The van der Waals surface area contributed by atoms with Gasteiger partial charge in [-0.05, 0) is 24.3 Å². The SMILES string of the molecule is O=S(=O)(c1ccccc1)c1coc(-c2ccccc2)n1. The Morgan fingerprint density at radius 2 is 1.45 bits per heavy atom. The van der Waals surface area contributed by atoms with E-state index in [0.29, 0.717) is 5.89 Å². The van der Waals surface area contributed by atoms with Crippen LogP contribution >= 0.6 is 0 Å². The van der Waals surface area contributed by atoms with E-state index in [1.807, 2.05) is 30.3 Å². The number of benzene rings is 2. The molecule has 20 heavy (non-hydrogen) atoms. The van der Waals surface area contributed by atoms with Crippen LogP contribution in [0.3, 0.4) is 0 Å². The maximum absolute atomic E-state index is 12.4. The highest BCUT2D eigenvalue weighted by Gasteiger charge is 2.22. The molecule has 3 rings (SSSR count). The Bertz CT molecular complexity index is 809. The lowest BCUT2D eigenvalue weighted by Crippen LogP contribution is -2.01. The van der Waals surface area contributed by atoms with Crippen LogP contribution in [0.25, 0.3) is 11.5 Å². The third kappa shape index (κ3) is 2.23. The van der Waals surface area contributed by atoms with Gasteiger partial charge < -0.3 is 4.42 Å². The standard InChI is InChI=1S/C15H11NO3S/c17-20(18,13-9-5-2-6-10-13)14-11-19-15(16-14)12-7-3-1-4-8-12/h1-11H. The van der Waals surface area contributed by atoms with Gasteiger partial charge in [-0.25, -0.2) is 8.42 Å². The van der Waals surface area contributed by atoms with Crippen LogP contribution < -0.4 is 0 Å². The Labute approximate surface area is 116 Å². The fourth-order valence-electron chi connectivity index (χ4n) is 1.82. The van der Waals surface area contributed by atoms with Crippen molar-refractivity contribution in [3.05, 3.63) is 66.9 Å². The zero-order valence-corrected chi connectivity index (χ0v) is 11.2. The molecule has 0 aliphatic heterocycles. The highest BCUT2D eigenvalue weighted by Crippen LogP contribution is 2.24. The molecule has 0 atom stereocenters. The van der Waals surface area contributed by atoms with E-state index in [1.54, 1.807) is 18.2 Å². The summed E-state index contributed by atoms with van der Waals surface area (Å²) < 4.78 is 30.0. The number of nitrogens with zero attached hydrogens (tertiary/aromatic N) is 1. The molecule has 0 bridgehead atoms. The maximum Gasteiger partial charge on any atom is 0.227 e. The van der Waals surface area contributed by atoms with Crippen LogP contribution in [-0.2, 0) is 9.84 Å². The van der Waals surface area contributed by atoms with Gasteiger partial charge in [0, 0.05) is 5.56 Å². The first kappa shape index (κ1) is 12.6. The third-order valence-corrected chi connectivity index (χ3v) is 4.46. The fourth-order valence-corrected chi connectivity index (χ4v) is 2.95. The summed E-state index contributed by atoms with van der Waals surface area (Å²) in [5.74, 6) is 0.292. The number of aromatic nitrogens is 1. The van der Waals surface area contributed by atoms with Gasteiger partial charge in [-0.1, -0.05) is 36.4 Å². The summed E-state index contributed by atoms with van der Waals surface area (Å²) in [5, 5.41) is -0.0810. The van der Waals surface area contributed by atoms with Crippen LogP contribution in [-0.4, -0.2) is 13.4 Å². The van der Waals surface area contributed by atoms with Gasteiger partial charge in [0.15, 0.2) is 5.03 Å². The Hall–Kier alpha value is -2.40. The summed E-state index contributed by atoms with van der Waals surface area (Å²) >= 11 is 0. The molecule has 0 saturated heterocycles. The van der Waals surface area contributed by atoms with Gasteiger partial charge >= 0.3 is 0 Å². The topological polar surface area (TPSA) is 60.2 Å². The first-order chi connectivity index (χ1) is 9.68. The van der Waals surface area contributed by atoms with Crippen LogP contribution in [0.4, 0.5) is 0 Å². The summed E-state index contributed by atoms with van der Waals surface area (Å²) in [6.45, 7) is 0. The van der Waals surface area contributed by atoms with Crippen LogP contribution in [0, 0.1) is 0 Å². The summed E-state index contributed by atoms with van der Waals surface area (Å²) in [6, 6.07) is 17.3. The van der Waals surface area contributed by atoms with E-state index in [1.165, 1.54) is 18.4 Å². The zero-order valence-electron chi connectivity index (χ0n) is 10.4. The summed E-state index contributed by atoms with van der Waals surface area (Å²) in [4.78, 5) is 4.28. The normalized spacial score (nSPS) is 11.4. The van der Waals surface area contributed by atoms with Crippen LogP contribution in [0.1, 0.15) is 0 Å². The van der Waals surface area contributed by atoms with Crippen molar-refractivity contribution in [1.82, 2.24) is 4.98 Å². The molecule has 0 fully saturated rings. The van der Waals surface area contributed by atoms with E-state index < -0.39 is 9.84 Å². The molecule has 0 unspecified atom stereocenters. The van der Waals surface area contributed by atoms with Crippen LogP contribution in [0.5, 0.6) is 0 Å². The monoisotopic (exact) mass is 285 g/mol. The van der Waals surface area contributed by atoms with Crippen LogP contribution in [0.2, 0.25) is 0 Å². The molecule has 0 aliphatic carbocycles. The van der Waals surface area contributed by atoms with E-state index >= 15 is 0 Å². The summed E-state index contributed by atoms with van der Waals surface area (Å²) in [5.41, 5.74) is 0.738. The molecule has 100 valence electrons. The van der Waals surface area contributed by atoms with Crippen molar-refractivity contribution in [2.24, 2.45) is 0 Å². The molecule has 1 heterocycles. The van der Waals surface area contributed by atoms with Gasteiger partial charge in [-0.2, -0.15) is 4.98 Å². The molecular weight excluding hydrogens is 274 g/mol. The maximum atomic E-state index is 12.4. The van der Waals surface area contributed by atoms with Crippen molar-refractivity contribution in [1.29, 1.82) is 0 Å². The van der Waals surface area contributed by atoms with Crippen molar-refractivity contribution >= 4 is 9.84 Å². The molecule has 0 N–H and O–H groups in total. The number of oxazole rings is 1.